The summed E-state index contributed by atoms with van der Waals surface area (Å²) >= 11 is 0. The highest BCUT2D eigenvalue weighted by Crippen LogP contribution is 2.41. The summed E-state index contributed by atoms with van der Waals surface area (Å²) in [6.45, 7) is 14.5. The highest BCUT2D eigenvalue weighted by molar-refractivity contribution is 7.90. The molecule has 13 nitrogen and oxygen atoms in total. The fraction of sp³-hybridized carbons (Fsp3) is 0.649. The van der Waals surface area contributed by atoms with Crippen LogP contribution >= 0.6 is 0 Å². The number of nitrogens with one attached hydrogen (secondary N) is 1. The number of rotatable bonds is 9. The van der Waals surface area contributed by atoms with E-state index in [4.69, 9.17) is 5.11 Å². The van der Waals surface area contributed by atoms with Crippen LogP contribution in [0.25, 0.3) is 0 Å². The lowest BCUT2D eigenvalue weighted by Crippen LogP contribution is -2.63. The summed E-state index contributed by atoms with van der Waals surface area (Å²) in [6, 6.07) is 7.29. The fourth-order valence-electron chi connectivity index (χ4n) is 8.09. The third-order valence-corrected chi connectivity index (χ3v) is 13.7. The van der Waals surface area contributed by atoms with Crippen LogP contribution < -0.4 is 5.32 Å². The molecule has 4 fully saturated rings. The molecule has 0 radical (unpaired) electrons. The molecule has 1 aromatic carbocycles. The summed E-state index contributed by atoms with van der Waals surface area (Å²) in [6.07, 6.45) is 6.45. The van der Waals surface area contributed by atoms with E-state index < -0.39 is 16.0 Å². The molecule has 6 rings (SSSR count). The lowest BCUT2D eigenvalue weighted by atomic mass is 9.82. The van der Waals surface area contributed by atoms with E-state index in [0.29, 0.717) is 31.7 Å². The number of piperidine rings is 2. The topological polar surface area (TPSA) is 156 Å². The van der Waals surface area contributed by atoms with Crippen LogP contribution in [0.1, 0.15) is 92.6 Å². The van der Waals surface area contributed by atoms with E-state index >= 15 is 0 Å². The number of hydrogen-bond donors (Lipinski definition) is 2. The van der Waals surface area contributed by atoms with Crippen molar-refractivity contribution in [3.05, 3.63) is 58.9 Å². The Morgan fingerprint density at radius 1 is 1.00 bits per heavy atom. The zero-order valence-corrected chi connectivity index (χ0v) is 31.9. The second-order valence-electron chi connectivity index (χ2n) is 15.0. The third-order valence-electron chi connectivity index (χ3n) is 11.3. The van der Waals surface area contributed by atoms with Crippen LogP contribution in [0, 0.1) is 25.6 Å². The van der Waals surface area contributed by atoms with Crippen molar-refractivity contribution in [2.75, 3.05) is 52.4 Å². The molecule has 286 valence electrons. The molecule has 1 aliphatic carbocycles. The van der Waals surface area contributed by atoms with Gasteiger partial charge in [-0.3, -0.25) is 24.2 Å². The number of carboxylic acids is 1. The van der Waals surface area contributed by atoms with Gasteiger partial charge in [0.15, 0.2) is 0 Å². The molecule has 2 amide bonds. The van der Waals surface area contributed by atoms with Crippen molar-refractivity contribution in [2.24, 2.45) is 5.92 Å². The molecule has 4 heterocycles. The number of carbonyl (C=O) groups excluding carboxylic acids is 2. The van der Waals surface area contributed by atoms with E-state index in [0.717, 1.165) is 75.1 Å². The molecule has 2 N–H and O–H groups in total. The standard InChI is InChI=1S/C33H47FN6O3S.C4H7NO3/c1-23-21-38(33(4)12-16-37(17-13-33)32(41)30-24(2)35-22-36-25(30)3)18-19-40(23)31(27-6-5-7-28(34)20-27)26-10-14-39(15-11-26)44(42,43)29-8-9-29;1-3(6)5-2-4(7)8/h5-7,20,22-23,26,29,31H,8-19,21H2,1-4H3;2H2,1H3,(H,5,6)(H,7,8)/t23-,31-;/m1./s1. The maximum atomic E-state index is 14.5. The average Bonchev–Trinajstić information content (AvgIpc) is 3.96. The molecule has 4 aliphatic rings. The van der Waals surface area contributed by atoms with Crippen molar-refractivity contribution in [3.63, 3.8) is 0 Å². The van der Waals surface area contributed by atoms with E-state index in [1.165, 1.54) is 19.3 Å². The highest BCUT2D eigenvalue weighted by Gasteiger charge is 2.45. The minimum atomic E-state index is -3.18. The number of halogens is 1. The van der Waals surface area contributed by atoms with Gasteiger partial charge < -0.3 is 15.3 Å². The van der Waals surface area contributed by atoms with Crippen molar-refractivity contribution in [3.8, 4) is 0 Å². The number of nitrogens with zero attached hydrogens (tertiary/aromatic N) is 6. The first kappa shape index (κ1) is 39.7. The van der Waals surface area contributed by atoms with Crippen LogP contribution in [0.3, 0.4) is 0 Å². The second kappa shape index (κ2) is 16.6. The maximum absolute atomic E-state index is 14.5. The molecule has 52 heavy (non-hydrogen) atoms. The number of hydrogen-bond acceptors (Lipinski definition) is 9. The number of aliphatic carboxylic acids is 1. The molecular formula is C37H54FN7O6S. The van der Waals surface area contributed by atoms with Crippen LogP contribution in [0.2, 0.25) is 0 Å². The van der Waals surface area contributed by atoms with Gasteiger partial charge in [-0.25, -0.2) is 27.1 Å². The van der Waals surface area contributed by atoms with Gasteiger partial charge in [-0.1, -0.05) is 12.1 Å². The quantitative estimate of drug-likeness (QED) is 0.391. The number of aromatic nitrogens is 2. The van der Waals surface area contributed by atoms with Gasteiger partial charge in [0.05, 0.1) is 22.2 Å². The Hall–Kier alpha value is -3.53. The largest absolute Gasteiger partial charge is 0.480 e. The van der Waals surface area contributed by atoms with Crippen LogP contribution in [-0.4, -0.2) is 129 Å². The smallest absolute Gasteiger partial charge is 0.322 e. The Morgan fingerprint density at radius 3 is 2.15 bits per heavy atom. The zero-order chi connectivity index (χ0) is 37.8. The predicted molar refractivity (Wildman–Crippen MR) is 194 cm³/mol. The molecule has 1 aromatic heterocycles. The Morgan fingerprint density at radius 2 is 1.63 bits per heavy atom. The van der Waals surface area contributed by atoms with Gasteiger partial charge in [0, 0.05) is 70.4 Å². The van der Waals surface area contributed by atoms with E-state index in [9.17, 15) is 27.2 Å². The summed E-state index contributed by atoms with van der Waals surface area (Å²) in [5, 5.41) is 9.87. The molecule has 3 saturated heterocycles. The van der Waals surface area contributed by atoms with Crippen LogP contribution in [0.4, 0.5) is 4.39 Å². The molecule has 15 heteroatoms. The van der Waals surface area contributed by atoms with Crippen molar-refractivity contribution in [1.29, 1.82) is 0 Å². The summed E-state index contributed by atoms with van der Waals surface area (Å²) in [5.41, 5.74) is 3.05. The van der Waals surface area contributed by atoms with Gasteiger partial charge in [0.25, 0.3) is 5.91 Å². The van der Waals surface area contributed by atoms with Crippen molar-refractivity contribution < 1.29 is 32.3 Å². The van der Waals surface area contributed by atoms with Crippen LogP contribution in [0.5, 0.6) is 0 Å². The Labute approximate surface area is 307 Å². The number of piperazine rings is 1. The lowest BCUT2D eigenvalue weighted by Gasteiger charge is -2.54. The molecule has 3 aliphatic heterocycles. The number of carbonyl (C=O) groups is 3. The molecule has 2 atom stereocenters. The summed E-state index contributed by atoms with van der Waals surface area (Å²) in [7, 11) is -3.18. The Bertz CT molecular complexity index is 1670. The minimum Gasteiger partial charge on any atom is -0.480 e. The normalized spacial score (nSPS) is 22.6. The number of aryl methyl sites for hydroxylation is 2. The first-order valence-corrected chi connectivity index (χ1v) is 19.9. The highest BCUT2D eigenvalue weighted by atomic mass is 32.2. The number of sulfonamides is 1. The van der Waals surface area contributed by atoms with Gasteiger partial charge in [-0.15, -0.1) is 0 Å². The van der Waals surface area contributed by atoms with E-state index in [1.807, 2.05) is 24.8 Å². The molecule has 1 saturated carbocycles. The SMILES string of the molecule is CC(=O)NCC(=O)O.Cc1ncnc(C)c1C(=O)N1CCC(C)(N2CCN([C@@H](c3cccc(F)c3)C3CCN(S(=O)(=O)C4CC4)CC3)[C@H](C)C2)CC1. The maximum Gasteiger partial charge on any atom is 0.322 e. The van der Waals surface area contributed by atoms with Crippen molar-refractivity contribution >= 4 is 27.8 Å². The number of benzene rings is 1. The zero-order valence-electron chi connectivity index (χ0n) is 31.1. The van der Waals surface area contributed by atoms with E-state index in [2.05, 4.69) is 38.9 Å². The van der Waals surface area contributed by atoms with Gasteiger partial charge in [0.2, 0.25) is 15.9 Å². The van der Waals surface area contributed by atoms with E-state index in [-0.39, 0.29) is 53.0 Å². The average molecular weight is 744 g/mol. The van der Waals surface area contributed by atoms with Crippen molar-refractivity contribution in [2.45, 2.75) is 96.0 Å². The van der Waals surface area contributed by atoms with E-state index in [1.54, 1.807) is 16.4 Å². The first-order chi connectivity index (χ1) is 24.6. The fourth-order valence-corrected chi connectivity index (χ4v) is 9.96. The van der Waals surface area contributed by atoms with Gasteiger partial charge in [-0.05, 0) is 89.8 Å². The molecular weight excluding hydrogens is 690 g/mol. The van der Waals surface area contributed by atoms with Gasteiger partial charge in [0.1, 0.15) is 18.7 Å². The summed E-state index contributed by atoms with van der Waals surface area (Å²) < 4.78 is 42.0. The summed E-state index contributed by atoms with van der Waals surface area (Å²) in [5.74, 6) is -1.30. The first-order valence-electron chi connectivity index (χ1n) is 18.4. The molecule has 0 spiro atoms. The monoisotopic (exact) mass is 743 g/mol. The number of carboxylic acid groups (broad SMARTS) is 1. The van der Waals surface area contributed by atoms with Crippen LogP contribution in [0.15, 0.2) is 30.6 Å². The van der Waals surface area contributed by atoms with Crippen LogP contribution in [-0.2, 0) is 19.6 Å². The van der Waals surface area contributed by atoms with Gasteiger partial charge >= 0.3 is 5.97 Å². The second-order valence-corrected chi connectivity index (χ2v) is 17.2. The predicted octanol–water partition coefficient (Wildman–Crippen LogP) is 3.39. The van der Waals surface area contributed by atoms with Crippen molar-refractivity contribution in [1.82, 2.24) is 34.3 Å². The Balaban J connectivity index is 0.000000587. The Kier molecular flexibility index (Phi) is 12.7. The number of likely N-dealkylation sites (tertiary alicyclic amines) is 1. The van der Waals surface area contributed by atoms with Gasteiger partial charge in [-0.2, -0.15) is 0 Å². The summed E-state index contributed by atoms with van der Waals surface area (Å²) in [4.78, 5) is 48.6. The molecule has 2 aromatic rings. The lowest BCUT2D eigenvalue weighted by molar-refractivity contribution is -0.137. The number of amides is 2. The molecule has 0 unspecified atom stereocenters. The molecule has 0 bridgehead atoms. The third kappa shape index (κ3) is 9.33. The minimum absolute atomic E-state index is 0.00866.